The Morgan fingerprint density at radius 1 is 1.19 bits per heavy atom. The maximum atomic E-state index is 12.6. The van der Waals surface area contributed by atoms with Gasteiger partial charge in [-0.3, -0.25) is 19.6 Å². The van der Waals surface area contributed by atoms with E-state index in [1.807, 2.05) is 23.1 Å². The van der Waals surface area contributed by atoms with E-state index in [0.29, 0.717) is 48.5 Å². The van der Waals surface area contributed by atoms with Crippen molar-refractivity contribution in [1.29, 1.82) is 0 Å². The monoisotopic (exact) mass is 387 g/mol. The summed E-state index contributed by atoms with van der Waals surface area (Å²) in [4.78, 5) is 28.7. The molecular weight excluding hydrogens is 366 g/mol. The van der Waals surface area contributed by atoms with Gasteiger partial charge >= 0.3 is 0 Å². The van der Waals surface area contributed by atoms with E-state index in [-0.39, 0.29) is 18.4 Å². The van der Waals surface area contributed by atoms with Gasteiger partial charge in [0.25, 0.3) is 5.91 Å². The van der Waals surface area contributed by atoms with Crippen LogP contribution in [0.25, 0.3) is 0 Å². The quantitative estimate of drug-likeness (QED) is 0.825. The Morgan fingerprint density at radius 2 is 1.93 bits per heavy atom. The number of nitrogens with zero attached hydrogens (tertiary/aromatic N) is 3. The number of nitrogens with one attached hydrogen (secondary N) is 2. The molecule has 4 rings (SSSR count). The van der Waals surface area contributed by atoms with E-state index in [9.17, 15) is 9.59 Å². The summed E-state index contributed by atoms with van der Waals surface area (Å²) in [6, 6.07) is 9.04. The largest absolute Gasteiger partial charge is 0.335 e. The van der Waals surface area contributed by atoms with E-state index in [0.717, 1.165) is 5.69 Å². The van der Waals surface area contributed by atoms with E-state index in [1.165, 1.54) is 12.8 Å². The van der Waals surface area contributed by atoms with Crippen LogP contribution in [-0.2, 0) is 4.79 Å². The smallest absolute Gasteiger partial charge is 0.274 e. The number of anilines is 1. The van der Waals surface area contributed by atoms with Crippen molar-refractivity contribution in [1.82, 2.24) is 20.0 Å². The fourth-order valence-corrected chi connectivity index (χ4v) is 3.46. The van der Waals surface area contributed by atoms with E-state index >= 15 is 0 Å². The van der Waals surface area contributed by atoms with Crippen molar-refractivity contribution >= 4 is 29.1 Å². The summed E-state index contributed by atoms with van der Waals surface area (Å²) in [5.74, 6) is 0.398. The molecule has 0 radical (unpaired) electrons. The van der Waals surface area contributed by atoms with Crippen molar-refractivity contribution < 1.29 is 9.59 Å². The predicted molar refractivity (Wildman–Crippen MR) is 103 cm³/mol. The minimum atomic E-state index is -0.107. The zero-order valence-corrected chi connectivity index (χ0v) is 15.7. The number of carbonyl (C=O) groups is 2. The number of aromatic nitrogens is 2. The molecule has 1 aromatic heterocycles. The number of H-pyrrole nitrogens is 1. The number of carbonyl (C=O) groups excluding carboxylic acids is 2. The van der Waals surface area contributed by atoms with Crippen LogP contribution in [0.4, 0.5) is 5.69 Å². The molecule has 1 aliphatic heterocycles. The van der Waals surface area contributed by atoms with Crippen LogP contribution < -0.4 is 5.32 Å². The molecule has 1 saturated heterocycles. The maximum absolute atomic E-state index is 12.6. The van der Waals surface area contributed by atoms with Crippen LogP contribution in [0.3, 0.4) is 0 Å². The summed E-state index contributed by atoms with van der Waals surface area (Å²) < 4.78 is 0. The lowest BCUT2D eigenvalue weighted by Gasteiger charge is -2.33. The summed E-state index contributed by atoms with van der Waals surface area (Å²) in [6.45, 7) is 2.76. The van der Waals surface area contributed by atoms with Gasteiger partial charge < -0.3 is 10.2 Å². The molecule has 27 heavy (non-hydrogen) atoms. The van der Waals surface area contributed by atoms with Crippen molar-refractivity contribution in [2.75, 3.05) is 38.0 Å². The highest BCUT2D eigenvalue weighted by Crippen LogP contribution is 2.39. The lowest BCUT2D eigenvalue weighted by molar-refractivity contribution is -0.117. The van der Waals surface area contributed by atoms with Gasteiger partial charge in [-0.25, -0.2) is 0 Å². The van der Waals surface area contributed by atoms with Gasteiger partial charge in [-0.05, 0) is 31.0 Å². The molecule has 0 bridgehead atoms. The van der Waals surface area contributed by atoms with Gasteiger partial charge in [0.2, 0.25) is 5.91 Å². The van der Waals surface area contributed by atoms with Gasteiger partial charge in [0.15, 0.2) is 0 Å². The van der Waals surface area contributed by atoms with Crippen molar-refractivity contribution in [2.24, 2.45) is 0 Å². The number of benzene rings is 1. The van der Waals surface area contributed by atoms with Crippen LogP contribution in [0, 0.1) is 0 Å². The summed E-state index contributed by atoms with van der Waals surface area (Å²) in [7, 11) is 0. The van der Waals surface area contributed by atoms with Crippen LogP contribution in [0.2, 0.25) is 5.02 Å². The second-order valence-corrected chi connectivity index (χ2v) is 7.49. The molecular formula is C19H22ClN5O2. The zero-order valence-electron chi connectivity index (χ0n) is 14.9. The molecule has 2 aliphatic rings. The third-order valence-electron chi connectivity index (χ3n) is 5.01. The molecule has 2 N–H and O–H groups in total. The normalized spacial score (nSPS) is 17.7. The fourth-order valence-electron chi connectivity index (χ4n) is 3.28. The summed E-state index contributed by atoms with van der Waals surface area (Å²) in [5, 5.41) is 10.5. The number of hydrogen-bond donors (Lipinski definition) is 2. The minimum absolute atomic E-state index is 0.0432. The second-order valence-electron chi connectivity index (χ2n) is 7.08. The molecule has 142 valence electrons. The molecule has 8 heteroatoms. The standard InChI is InChI=1S/C19H22ClN5O2/c20-14-3-1-2-4-15(14)21-18(26)12-24-7-9-25(10-8-24)19(27)17-11-16(22-23-17)13-5-6-13/h1-4,11,13H,5-10,12H2,(H,21,26)(H,22,23). The minimum Gasteiger partial charge on any atom is -0.335 e. The third kappa shape index (κ3) is 4.31. The SMILES string of the molecule is O=C(CN1CCN(C(=O)c2cc(C3CC3)[nH]n2)CC1)Nc1ccccc1Cl. The van der Waals surface area contributed by atoms with Crippen molar-refractivity contribution in [3.8, 4) is 0 Å². The Bertz CT molecular complexity index is 840. The molecule has 2 heterocycles. The van der Waals surface area contributed by atoms with Crippen molar-refractivity contribution in [3.63, 3.8) is 0 Å². The van der Waals surface area contributed by atoms with Crippen LogP contribution in [0.5, 0.6) is 0 Å². The van der Waals surface area contributed by atoms with Crippen LogP contribution in [0.1, 0.15) is 34.9 Å². The van der Waals surface area contributed by atoms with Gasteiger partial charge in [0.05, 0.1) is 17.3 Å². The first-order valence-electron chi connectivity index (χ1n) is 9.21. The molecule has 0 atom stereocenters. The number of halogens is 1. The molecule has 2 amide bonds. The van der Waals surface area contributed by atoms with E-state index in [1.54, 1.807) is 17.0 Å². The first-order chi connectivity index (χ1) is 13.1. The van der Waals surface area contributed by atoms with E-state index < -0.39 is 0 Å². The summed E-state index contributed by atoms with van der Waals surface area (Å²) in [6.07, 6.45) is 2.34. The average Bonchev–Trinajstić information content (AvgIpc) is 3.40. The Morgan fingerprint density at radius 3 is 2.63 bits per heavy atom. The van der Waals surface area contributed by atoms with Gasteiger partial charge in [-0.1, -0.05) is 23.7 Å². The zero-order chi connectivity index (χ0) is 18.8. The number of amides is 2. The summed E-state index contributed by atoms with van der Waals surface area (Å²) >= 11 is 6.07. The number of para-hydroxylation sites is 1. The topological polar surface area (TPSA) is 81.3 Å². The second kappa shape index (κ2) is 7.70. The van der Waals surface area contributed by atoms with Gasteiger partial charge in [-0.15, -0.1) is 0 Å². The van der Waals surface area contributed by atoms with Crippen molar-refractivity contribution in [3.05, 3.63) is 46.7 Å². The molecule has 1 saturated carbocycles. The highest BCUT2D eigenvalue weighted by Gasteiger charge is 2.29. The molecule has 7 nitrogen and oxygen atoms in total. The Labute approximate surface area is 162 Å². The van der Waals surface area contributed by atoms with E-state index in [4.69, 9.17) is 11.6 Å². The lowest BCUT2D eigenvalue weighted by Crippen LogP contribution is -2.50. The lowest BCUT2D eigenvalue weighted by atomic mass is 10.2. The summed E-state index contributed by atoms with van der Waals surface area (Å²) in [5.41, 5.74) is 2.16. The molecule has 0 unspecified atom stereocenters. The Balaban J connectivity index is 1.26. The molecule has 2 aromatic rings. The first kappa shape index (κ1) is 18.0. The van der Waals surface area contributed by atoms with Gasteiger partial charge in [0, 0.05) is 37.8 Å². The predicted octanol–water partition coefficient (Wildman–Crippen LogP) is 2.34. The average molecular weight is 388 g/mol. The Kier molecular flexibility index (Phi) is 5.13. The van der Waals surface area contributed by atoms with E-state index in [2.05, 4.69) is 15.5 Å². The maximum Gasteiger partial charge on any atom is 0.274 e. The van der Waals surface area contributed by atoms with Crippen LogP contribution in [-0.4, -0.2) is 64.5 Å². The fraction of sp³-hybridized carbons (Fsp3) is 0.421. The molecule has 1 aromatic carbocycles. The molecule has 2 fully saturated rings. The number of aromatic amines is 1. The van der Waals surface area contributed by atoms with Gasteiger partial charge in [-0.2, -0.15) is 5.10 Å². The highest BCUT2D eigenvalue weighted by molar-refractivity contribution is 6.33. The first-order valence-corrected chi connectivity index (χ1v) is 9.59. The third-order valence-corrected chi connectivity index (χ3v) is 5.34. The molecule has 1 aliphatic carbocycles. The van der Waals surface area contributed by atoms with Crippen LogP contribution in [0.15, 0.2) is 30.3 Å². The van der Waals surface area contributed by atoms with Crippen LogP contribution >= 0.6 is 11.6 Å². The highest BCUT2D eigenvalue weighted by atomic mass is 35.5. The van der Waals surface area contributed by atoms with Gasteiger partial charge in [0.1, 0.15) is 5.69 Å². The number of rotatable bonds is 5. The Hall–Kier alpha value is -2.38. The number of hydrogen-bond acceptors (Lipinski definition) is 4. The number of piperazine rings is 1. The van der Waals surface area contributed by atoms with Crippen molar-refractivity contribution in [2.45, 2.75) is 18.8 Å². The molecule has 0 spiro atoms.